The van der Waals surface area contributed by atoms with E-state index < -0.39 is 114 Å². The first kappa shape index (κ1) is 50.2. The molecule has 4 aliphatic carbocycles. The average Bonchev–Trinajstić information content (AvgIpc) is 3.54. The van der Waals surface area contributed by atoms with Crippen molar-refractivity contribution in [2.75, 3.05) is 13.2 Å². The minimum Gasteiger partial charge on any atom is -0.481 e. The van der Waals surface area contributed by atoms with E-state index in [0.717, 1.165) is 37.7 Å². The van der Waals surface area contributed by atoms with Gasteiger partial charge in [-0.3, -0.25) is 14.4 Å². The van der Waals surface area contributed by atoms with E-state index in [-0.39, 0.29) is 35.1 Å². The zero-order chi connectivity index (χ0) is 46.8. The maximum absolute atomic E-state index is 13.9. The van der Waals surface area contributed by atoms with E-state index in [1.807, 2.05) is 6.92 Å². The molecule has 16 nitrogen and oxygen atoms in total. The Hall–Kier alpha value is -2.25. The van der Waals surface area contributed by atoms with Crippen molar-refractivity contribution in [3.8, 4) is 0 Å². The van der Waals surface area contributed by atoms with Crippen LogP contribution in [0.15, 0.2) is 11.1 Å². The number of ether oxygens (including phenoxy) is 5. The fourth-order valence-electron chi connectivity index (χ4n) is 13.7. The Balaban J connectivity index is 1.26. The second-order valence-electron chi connectivity index (χ2n) is 21.5. The molecule has 0 radical (unpaired) electrons. The number of amides is 1. The van der Waals surface area contributed by atoms with Crippen molar-refractivity contribution in [2.45, 2.75) is 207 Å². The normalized spacial score (nSPS) is 43.9. The molecule has 360 valence electrons. The smallest absolute Gasteiger partial charge is 0.314 e. The molecule has 6 rings (SSSR count). The average molecular weight is 896 g/mol. The van der Waals surface area contributed by atoms with Gasteiger partial charge in [0.15, 0.2) is 12.6 Å². The van der Waals surface area contributed by atoms with Crippen LogP contribution in [0.4, 0.5) is 0 Å². The lowest BCUT2D eigenvalue weighted by Crippen LogP contribution is -2.68. The molecule has 2 aliphatic heterocycles. The summed E-state index contributed by atoms with van der Waals surface area (Å²) in [5.74, 6) is -1.02. The Kier molecular flexibility index (Phi) is 14.7. The standard InChI is InChI=1S/C47H77NO15/c1-23(2)46(10,63-26(5)52)19-13-24(3)27-15-20-47(42(57)58)29-11-12-32-43(6,7)33(16-17-44(32,8)28(29)14-18-45(27,47)9)61-41-39(38(56)36(54)31(22-50)60-41)62-40-34(48-25(4)51)37(55)35(53)30(21-49)59-40/h23-24,27,30-41,49-50,53-56H,11-22H2,1-10H3,(H,48,51)(H,57,58)/t24-,27-,30-,31-,32+,33+,34-,35+,36+,37-,38+,39-,40+,41+,44-,45-,46-,47+/m1/s1. The number of carboxylic acids is 1. The molecule has 6 aliphatic rings. The first-order valence-corrected chi connectivity index (χ1v) is 23.3. The Morgan fingerprint density at radius 3 is 2.00 bits per heavy atom. The molecule has 4 fully saturated rings. The lowest BCUT2D eigenvalue weighted by Gasteiger charge is -2.62. The van der Waals surface area contributed by atoms with Gasteiger partial charge in [-0.05, 0) is 111 Å². The number of carboxylic acid groups (broad SMARTS) is 1. The highest BCUT2D eigenvalue weighted by Crippen LogP contribution is 2.73. The molecule has 0 aromatic rings. The summed E-state index contributed by atoms with van der Waals surface area (Å²) in [6.45, 7) is 18.5. The lowest BCUT2D eigenvalue weighted by molar-refractivity contribution is -0.367. The van der Waals surface area contributed by atoms with Crippen molar-refractivity contribution in [1.29, 1.82) is 0 Å². The molecule has 8 N–H and O–H groups in total. The third kappa shape index (κ3) is 8.54. The van der Waals surface area contributed by atoms with Crippen LogP contribution in [-0.4, -0.2) is 140 Å². The number of allylic oxidation sites excluding steroid dienone is 1. The SMILES string of the molecule is CC(=O)N[C@H]1[C@H](O[C@H]2[C@H](O[C@H]3CC[C@]4(C)C5=C(CC[C@H]4C3(C)C)[C@]3(C(=O)O)CC[C@H]([C@H](C)CC[C@@](C)(OC(C)=O)C(C)C)[C@@]3(C)CC5)O[C@H](CO)[C@H](O)[C@@H]2O)O[C@H](CO)[C@H](O)[C@@H]1O. The third-order valence-corrected chi connectivity index (χ3v) is 17.6. The van der Waals surface area contributed by atoms with Crippen LogP contribution in [0.25, 0.3) is 0 Å². The van der Waals surface area contributed by atoms with Gasteiger partial charge in [-0.1, -0.05) is 59.6 Å². The van der Waals surface area contributed by atoms with Crippen molar-refractivity contribution in [3.05, 3.63) is 11.1 Å². The van der Waals surface area contributed by atoms with Crippen molar-refractivity contribution in [2.24, 2.45) is 45.3 Å². The van der Waals surface area contributed by atoms with Gasteiger partial charge < -0.3 is 64.7 Å². The quantitative estimate of drug-likeness (QED) is 0.0920. The Bertz CT molecular complexity index is 1720. The summed E-state index contributed by atoms with van der Waals surface area (Å²) >= 11 is 0. The molecular formula is C47H77NO15. The topological polar surface area (TPSA) is 251 Å². The summed E-state index contributed by atoms with van der Waals surface area (Å²) in [7, 11) is 0. The number of aliphatic hydroxyl groups is 6. The van der Waals surface area contributed by atoms with Crippen LogP contribution < -0.4 is 5.32 Å². The molecule has 63 heavy (non-hydrogen) atoms. The van der Waals surface area contributed by atoms with Gasteiger partial charge in [-0.2, -0.15) is 0 Å². The van der Waals surface area contributed by atoms with Crippen LogP contribution in [0.3, 0.4) is 0 Å². The number of carbonyl (C=O) groups is 3. The van der Waals surface area contributed by atoms with Crippen molar-refractivity contribution >= 4 is 17.8 Å². The van der Waals surface area contributed by atoms with Crippen LogP contribution in [-0.2, 0) is 38.1 Å². The molecule has 0 aromatic carbocycles. The molecule has 1 amide bonds. The predicted octanol–water partition coefficient (Wildman–Crippen LogP) is 3.35. The van der Waals surface area contributed by atoms with Gasteiger partial charge >= 0.3 is 11.9 Å². The highest BCUT2D eigenvalue weighted by molar-refractivity contribution is 5.82. The monoisotopic (exact) mass is 896 g/mol. The summed E-state index contributed by atoms with van der Waals surface area (Å²) < 4.78 is 30.8. The zero-order valence-electron chi connectivity index (χ0n) is 39.0. The molecule has 0 spiro atoms. The molecule has 0 aromatic heterocycles. The number of fused-ring (bicyclic) bond motifs is 4. The molecule has 2 saturated heterocycles. The van der Waals surface area contributed by atoms with Gasteiger partial charge in [-0.25, -0.2) is 0 Å². The second kappa shape index (κ2) is 18.4. The van der Waals surface area contributed by atoms with Crippen molar-refractivity contribution in [3.63, 3.8) is 0 Å². The predicted molar refractivity (Wildman–Crippen MR) is 227 cm³/mol. The fourth-order valence-corrected chi connectivity index (χ4v) is 13.7. The van der Waals surface area contributed by atoms with Crippen LogP contribution in [0, 0.1) is 45.3 Å². The number of carbonyl (C=O) groups excluding carboxylic acids is 2. The van der Waals surface area contributed by atoms with Gasteiger partial charge in [0.2, 0.25) is 5.91 Å². The summed E-state index contributed by atoms with van der Waals surface area (Å²) in [4.78, 5) is 38.2. The number of hydrogen-bond donors (Lipinski definition) is 8. The van der Waals surface area contributed by atoms with Crippen molar-refractivity contribution < 1.29 is 73.8 Å². The van der Waals surface area contributed by atoms with Crippen LogP contribution in [0.1, 0.15) is 133 Å². The van der Waals surface area contributed by atoms with E-state index in [9.17, 15) is 50.1 Å². The highest BCUT2D eigenvalue weighted by atomic mass is 16.8. The largest absolute Gasteiger partial charge is 0.481 e. The third-order valence-electron chi connectivity index (χ3n) is 17.6. The second-order valence-corrected chi connectivity index (χ2v) is 21.5. The van der Waals surface area contributed by atoms with E-state index >= 15 is 0 Å². The Morgan fingerprint density at radius 2 is 1.43 bits per heavy atom. The van der Waals surface area contributed by atoms with E-state index in [0.29, 0.717) is 32.1 Å². The minimum atomic E-state index is -1.69. The number of nitrogens with one attached hydrogen (secondary N) is 1. The highest BCUT2D eigenvalue weighted by Gasteiger charge is 2.69. The van der Waals surface area contributed by atoms with Crippen LogP contribution in [0.2, 0.25) is 0 Å². The maximum atomic E-state index is 13.9. The molecular weight excluding hydrogens is 819 g/mol. The summed E-state index contributed by atoms with van der Waals surface area (Å²) in [6, 6.07) is -1.34. The maximum Gasteiger partial charge on any atom is 0.314 e. The molecule has 18 atom stereocenters. The van der Waals surface area contributed by atoms with Crippen LogP contribution in [0.5, 0.6) is 0 Å². The zero-order valence-corrected chi connectivity index (χ0v) is 39.0. The number of aliphatic carboxylic acids is 1. The fraction of sp³-hybridized carbons (Fsp3) is 0.894. The number of esters is 1. The number of hydrogen-bond acceptors (Lipinski definition) is 14. The van der Waals surface area contributed by atoms with Gasteiger partial charge in [0.1, 0.15) is 54.4 Å². The van der Waals surface area contributed by atoms with E-state index in [2.05, 4.69) is 53.8 Å². The Morgan fingerprint density at radius 1 is 0.810 bits per heavy atom. The lowest BCUT2D eigenvalue weighted by atomic mass is 9.43. The first-order chi connectivity index (χ1) is 29.3. The van der Waals surface area contributed by atoms with E-state index in [1.54, 1.807) is 0 Å². The van der Waals surface area contributed by atoms with E-state index in [1.165, 1.54) is 19.4 Å². The molecule has 2 saturated carbocycles. The molecule has 0 bridgehead atoms. The number of rotatable bonds is 14. The molecule has 16 heteroatoms. The first-order valence-electron chi connectivity index (χ1n) is 23.3. The van der Waals surface area contributed by atoms with Gasteiger partial charge in [0, 0.05) is 13.8 Å². The Labute approximate surface area is 372 Å². The van der Waals surface area contributed by atoms with Gasteiger partial charge in [0.25, 0.3) is 0 Å². The molecule has 2 heterocycles. The summed E-state index contributed by atoms with van der Waals surface area (Å²) in [6.07, 6.45) is -6.86. The van der Waals surface area contributed by atoms with Gasteiger partial charge in [0.05, 0.1) is 24.7 Å². The van der Waals surface area contributed by atoms with Crippen LogP contribution >= 0.6 is 0 Å². The minimum absolute atomic E-state index is 0.0590. The van der Waals surface area contributed by atoms with E-state index in [4.69, 9.17) is 23.7 Å². The van der Waals surface area contributed by atoms with Crippen molar-refractivity contribution in [1.82, 2.24) is 5.32 Å². The summed E-state index contributed by atoms with van der Waals surface area (Å²) in [5, 5.41) is 78.0. The molecule has 0 unspecified atom stereocenters. The number of aliphatic hydroxyl groups excluding tert-OH is 6. The van der Waals surface area contributed by atoms with Gasteiger partial charge in [-0.15, -0.1) is 0 Å². The summed E-state index contributed by atoms with van der Waals surface area (Å²) in [5.41, 5.74) is -0.572.